The van der Waals surface area contributed by atoms with E-state index in [0.29, 0.717) is 27.8 Å². The van der Waals surface area contributed by atoms with Crippen LogP contribution in [-0.4, -0.2) is 47.4 Å². The lowest BCUT2D eigenvalue weighted by atomic mass is 10.1. The third kappa shape index (κ3) is 5.45. The van der Waals surface area contributed by atoms with Crippen molar-refractivity contribution >= 4 is 34.4 Å². The molecule has 0 aliphatic heterocycles. The number of anilines is 1. The normalized spacial score (nSPS) is 11.6. The Morgan fingerprint density at radius 1 is 1.06 bits per heavy atom. The number of carbonyl (C=O) groups is 3. The number of para-hydroxylation sites is 1. The van der Waals surface area contributed by atoms with Crippen molar-refractivity contribution in [3.05, 3.63) is 71.4 Å². The quantitative estimate of drug-likeness (QED) is 0.618. The molecule has 1 N–H and O–H groups in total. The van der Waals surface area contributed by atoms with Crippen LogP contribution in [0.2, 0.25) is 0 Å². The Bertz CT molecular complexity index is 1130. The summed E-state index contributed by atoms with van der Waals surface area (Å²) in [5.74, 6) is -1.42. The minimum absolute atomic E-state index is 0.161. The Hall–Kier alpha value is -3.74. The fourth-order valence-electron chi connectivity index (χ4n) is 3.19. The second-order valence-electron chi connectivity index (χ2n) is 7.48. The molecule has 7 heteroatoms. The number of nitrogens with zero attached hydrogens (tertiary/aromatic N) is 2. The van der Waals surface area contributed by atoms with Gasteiger partial charge in [-0.2, -0.15) is 0 Å². The molecule has 0 bridgehead atoms. The van der Waals surface area contributed by atoms with Gasteiger partial charge in [0, 0.05) is 23.8 Å². The fourth-order valence-corrected chi connectivity index (χ4v) is 3.19. The summed E-state index contributed by atoms with van der Waals surface area (Å²) in [6.45, 7) is 5.08. The van der Waals surface area contributed by atoms with E-state index >= 15 is 0 Å². The monoisotopic (exact) mass is 419 g/mol. The molecule has 1 aromatic heterocycles. The van der Waals surface area contributed by atoms with Crippen LogP contribution in [0.1, 0.15) is 28.5 Å². The average molecular weight is 419 g/mol. The Kier molecular flexibility index (Phi) is 6.65. The molecule has 2 amide bonds. The van der Waals surface area contributed by atoms with Crippen LogP contribution in [0.25, 0.3) is 10.9 Å². The topological polar surface area (TPSA) is 88.6 Å². The highest BCUT2D eigenvalue weighted by Crippen LogP contribution is 2.20. The number of carbonyl (C=O) groups excluding carboxylic acids is 3. The van der Waals surface area contributed by atoms with E-state index in [4.69, 9.17) is 4.74 Å². The molecule has 0 radical (unpaired) electrons. The number of hydrogen-bond acceptors (Lipinski definition) is 5. The predicted octanol–water partition coefficient (Wildman–Crippen LogP) is 3.49. The standard InChI is InChI=1S/C24H25N3O4/c1-15-9-11-18(12-10-15)26-22(28)14-27(4)23(29)17(3)31-24(30)20-13-16(2)25-21-8-6-5-7-19(20)21/h5-13,17H,14H2,1-4H3,(H,26,28)/t17-/m1/s1. The zero-order valence-corrected chi connectivity index (χ0v) is 18.0. The van der Waals surface area contributed by atoms with Crippen molar-refractivity contribution in [1.29, 1.82) is 0 Å². The number of fused-ring (bicyclic) bond motifs is 1. The fraction of sp³-hybridized carbons (Fsp3) is 0.250. The number of pyridine rings is 1. The van der Waals surface area contributed by atoms with Crippen molar-refractivity contribution in [3.8, 4) is 0 Å². The number of rotatable bonds is 6. The van der Waals surface area contributed by atoms with Crippen LogP contribution in [0.4, 0.5) is 5.69 Å². The van der Waals surface area contributed by atoms with Gasteiger partial charge in [-0.1, -0.05) is 35.9 Å². The Labute approximate surface area is 181 Å². The second-order valence-corrected chi connectivity index (χ2v) is 7.48. The number of likely N-dealkylation sites (N-methyl/N-ethyl adjacent to an activating group) is 1. The van der Waals surface area contributed by atoms with Gasteiger partial charge >= 0.3 is 5.97 Å². The second kappa shape index (κ2) is 9.38. The predicted molar refractivity (Wildman–Crippen MR) is 119 cm³/mol. The smallest absolute Gasteiger partial charge is 0.339 e. The number of hydrogen-bond donors (Lipinski definition) is 1. The maximum atomic E-state index is 12.7. The van der Waals surface area contributed by atoms with Crippen LogP contribution >= 0.6 is 0 Å². The summed E-state index contributed by atoms with van der Waals surface area (Å²) in [7, 11) is 1.49. The summed E-state index contributed by atoms with van der Waals surface area (Å²) in [6.07, 6.45) is -1.04. The first-order chi connectivity index (χ1) is 14.7. The minimum atomic E-state index is -1.04. The van der Waals surface area contributed by atoms with Crippen molar-refractivity contribution in [1.82, 2.24) is 9.88 Å². The van der Waals surface area contributed by atoms with Gasteiger partial charge in [0.05, 0.1) is 17.6 Å². The van der Waals surface area contributed by atoms with Crippen molar-refractivity contribution in [3.63, 3.8) is 0 Å². The molecule has 7 nitrogen and oxygen atoms in total. The number of esters is 1. The lowest BCUT2D eigenvalue weighted by Crippen LogP contribution is -2.41. The summed E-state index contributed by atoms with van der Waals surface area (Å²) in [4.78, 5) is 43.3. The number of benzene rings is 2. The van der Waals surface area contributed by atoms with Crippen LogP contribution in [0, 0.1) is 13.8 Å². The molecule has 2 aromatic carbocycles. The summed E-state index contributed by atoms with van der Waals surface area (Å²) < 4.78 is 5.41. The summed E-state index contributed by atoms with van der Waals surface area (Å²) in [5.41, 5.74) is 3.43. The van der Waals surface area contributed by atoms with Crippen LogP contribution < -0.4 is 5.32 Å². The first-order valence-corrected chi connectivity index (χ1v) is 9.93. The number of nitrogens with one attached hydrogen (secondary N) is 1. The molecule has 1 atom stereocenters. The number of ether oxygens (including phenoxy) is 1. The number of aryl methyl sites for hydroxylation is 2. The maximum absolute atomic E-state index is 12.7. The maximum Gasteiger partial charge on any atom is 0.339 e. The first-order valence-electron chi connectivity index (χ1n) is 9.93. The molecule has 0 fully saturated rings. The van der Waals surface area contributed by atoms with Gasteiger partial charge in [-0.15, -0.1) is 0 Å². The summed E-state index contributed by atoms with van der Waals surface area (Å²) >= 11 is 0. The van der Waals surface area contributed by atoms with Gasteiger partial charge in [-0.25, -0.2) is 4.79 Å². The molecule has 0 saturated heterocycles. The van der Waals surface area contributed by atoms with Gasteiger partial charge in [0.1, 0.15) is 0 Å². The lowest BCUT2D eigenvalue weighted by Gasteiger charge is -2.21. The molecule has 1 heterocycles. The molecular weight excluding hydrogens is 394 g/mol. The number of amides is 2. The van der Waals surface area contributed by atoms with E-state index in [1.54, 1.807) is 31.2 Å². The molecule has 0 aliphatic carbocycles. The molecule has 0 unspecified atom stereocenters. The van der Waals surface area contributed by atoms with Gasteiger partial charge in [0.25, 0.3) is 5.91 Å². The molecule has 0 spiro atoms. The third-order valence-electron chi connectivity index (χ3n) is 4.79. The van der Waals surface area contributed by atoms with Gasteiger partial charge in [0.2, 0.25) is 5.91 Å². The van der Waals surface area contributed by atoms with Gasteiger partial charge < -0.3 is 15.0 Å². The van der Waals surface area contributed by atoms with E-state index in [1.807, 2.05) is 37.3 Å². The third-order valence-corrected chi connectivity index (χ3v) is 4.79. The van der Waals surface area contributed by atoms with Crippen molar-refractivity contribution in [2.45, 2.75) is 26.9 Å². The van der Waals surface area contributed by atoms with Crippen molar-refractivity contribution in [2.75, 3.05) is 18.9 Å². The van der Waals surface area contributed by atoms with E-state index in [-0.39, 0.29) is 12.5 Å². The van der Waals surface area contributed by atoms with Gasteiger partial charge in [0.15, 0.2) is 6.10 Å². The van der Waals surface area contributed by atoms with Crippen molar-refractivity contribution in [2.24, 2.45) is 0 Å². The Balaban J connectivity index is 1.62. The van der Waals surface area contributed by atoms with Gasteiger partial charge in [-0.3, -0.25) is 14.6 Å². The largest absolute Gasteiger partial charge is 0.449 e. The van der Waals surface area contributed by atoms with Crippen LogP contribution in [0.5, 0.6) is 0 Å². The van der Waals surface area contributed by atoms with E-state index in [9.17, 15) is 14.4 Å². The molecule has 3 rings (SSSR count). The minimum Gasteiger partial charge on any atom is -0.449 e. The van der Waals surface area contributed by atoms with Crippen LogP contribution in [0.3, 0.4) is 0 Å². The first kappa shape index (κ1) is 22.0. The SMILES string of the molecule is Cc1ccc(NC(=O)CN(C)C(=O)[C@@H](C)OC(=O)c2cc(C)nc3ccccc23)cc1. The average Bonchev–Trinajstić information content (AvgIpc) is 2.73. The zero-order chi connectivity index (χ0) is 22.5. The highest BCUT2D eigenvalue weighted by Gasteiger charge is 2.24. The molecule has 31 heavy (non-hydrogen) atoms. The van der Waals surface area contributed by atoms with E-state index in [0.717, 1.165) is 5.56 Å². The highest BCUT2D eigenvalue weighted by molar-refractivity contribution is 6.04. The van der Waals surface area contributed by atoms with Crippen molar-refractivity contribution < 1.29 is 19.1 Å². The molecule has 0 aliphatic rings. The van der Waals surface area contributed by atoms with Crippen LogP contribution in [0.15, 0.2) is 54.6 Å². The van der Waals surface area contributed by atoms with E-state index in [2.05, 4.69) is 10.3 Å². The molecular formula is C24H25N3O4. The molecule has 160 valence electrons. The summed E-state index contributed by atoms with van der Waals surface area (Å²) in [5, 5.41) is 3.40. The van der Waals surface area contributed by atoms with Gasteiger partial charge in [-0.05, 0) is 45.0 Å². The lowest BCUT2D eigenvalue weighted by molar-refractivity contribution is -0.140. The zero-order valence-electron chi connectivity index (χ0n) is 18.0. The van der Waals surface area contributed by atoms with E-state index < -0.39 is 18.0 Å². The highest BCUT2D eigenvalue weighted by atomic mass is 16.5. The number of aromatic nitrogens is 1. The van der Waals surface area contributed by atoms with E-state index in [1.165, 1.54) is 18.9 Å². The molecule has 0 saturated carbocycles. The summed E-state index contributed by atoms with van der Waals surface area (Å²) in [6, 6.07) is 16.2. The Morgan fingerprint density at radius 2 is 1.74 bits per heavy atom. The Morgan fingerprint density at radius 3 is 2.45 bits per heavy atom. The van der Waals surface area contributed by atoms with Crippen LogP contribution in [-0.2, 0) is 14.3 Å². The molecule has 3 aromatic rings.